The zero-order valence-electron chi connectivity index (χ0n) is 11.2. The van der Waals surface area contributed by atoms with Crippen LogP contribution in [0.3, 0.4) is 0 Å². The molecular formula is C13H21NO3. The van der Waals surface area contributed by atoms with Gasteiger partial charge in [-0.15, -0.1) is 0 Å². The first kappa shape index (κ1) is 15.4. The monoisotopic (exact) mass is 239 g/mol. The van der Waals surface area contributed by atoms with Crippen LogP contribution in [-0.2, 0) is 0 Å². The van der Waals surface area contributed by atoms with Crippen molar-refractivity contribution < 1.29 is 14.3 Å². The minimum Gasteiger partial charge on any atom is -0.493 e. The number of rotatable bonds is 5. The fraction of sp³-hybridized carbons (Fsp3) is 0.462. The molecule has 0 unspecified atom stereocenters. The maximum atomic E-state index is 11.6. The molecule has 0 amide bonds. The molecule has 0 fully saturated rings. The lowest BCUT2D eigenvalue weighted by Gasteiger charge is -2.08. The van der Waals surface area contributed by atoms with Crippen LogP contribution in [0.5, 0.6) is 11.5 Å². The molecule has 0 saturated heterocycles. The van der Waals surface area contributed by atoms with Gasteiger partial charge in [-0.1, -0.05) is 13.8 Å². The first-order valence-electron chi connectivity index (χ1n) is 5.62. The molecule has 1 rings (SSSR count). The fourth-order valence-electron chi connectivity index (χ4n) is 1.27. The average molecular weight is 239 g/mol. The van der Waals surface area contributed by atoms with Gasteiger partial charge in [0.1, 0.15) is 0 Å². The van der Waals surface area contributed by atoms with Crippen LogP contribution in [-0.4, -0.2) is 33.6 Å². The molecule has 0 aliphatic heterocycles. The van der Waals surface area contributed by atoms with Gasteiger partial charge >= 0.3 is 0 Å². The van der Waals surface area contributed by atoms with Crippen LogP contribution in [0.2, 0.25) is 0 Å². The molecule has 1 aromatic carbocycles. The lowest BCUT2D eigenvalue weighted by Crippen LogP contribution is -2.18. The maximum absolute atomic E-state index is 11.6. The SMILES string of the molecule is CC.CNCC(=O)c1ccc(OC)c(OC)c1. The third-order valence-corrected chi connectivity index (χ3v) is 2.04. The Bertz CT molecular complexity index is 351. The largest absolute Gasteiger partial charge is 0.493 e. The lowest BCUT2D eigenvalue weighted by molar-refractivity contribution is 0.0993. The number of benzene rings is 1. The minimum absolute atomic E-state index is 0.0263. The van der Waals surface area contributed by atoms with Gasteiger partial charge in [-0.3, -0.25) is 4.79 Å². The molecule has 0 atom stereocenters. The highest BCUT2D eigenvalue weighted by atomic mass is 16.5. The second kappa shape index (κ2) is 8.58. The van der Waals surface area contributed by atoms with Crippen molar-refractivity contribution >= 4 is 5.78 Å². The van der Waals surface area contributed by atoms with Crippen molar-refractivity contribution in [2.45, 2.75) is 13.8 Å². The number of carbonyl (C=O) groups excluding carboxylic acids is 1. The van der Waals surface area contributed by atoms with E-state index in [-0.39, 0.29) is 5.78 Å². The van der Waals surface area contributed by atoms with Crippen LogP contribution < -0.4 is 14.8 Å². The van der Waals surface area contributed by atoms with Gasteiger partial charge in [-0.25, -0.2) is 0 Å². The predicted molar refractivity (Wildman–Crippen MR) is 69.2 cm³/mol. The van der Waals surface area contributed by atoms with Crippen molar-refractivity contribution in [2.24, 2.45) is 0 Å². The van der Waals surface area contributed by atoms with Gasteiger partial charge in [0.05, 0.1) is 20.8 Å². The van der Waals surface area contributed by atoms with E-state index in [1.54, 1.807) is 39.5 Å². The molecule has 0 aliphatic carbocycles. The lowest BCUT2D eigenvalue weighted by atomic mass is 10.1. The molecule has 0 bridgehead atoms. The zero-order chi connectivity index (χ0) is 13.3. The number of nitrogens with one attached hydrogen (secondary N) is 1. The molecule has 17 heavy (non-hydrogen) atoms. The highest BCUT2D eigenvalue weighted by molar-refractivity contribution is 5.98. The van der Waals surface area contributed by atoms with Crippen LogP contribution in [0.15, 0.2) is 18.2 Å². The van der Waals surface area contributed by atoms with E-state index in [4.69, 9.17) is 9.47 Å². The Morgan fingerprint density at radius 2 is 1.76 bits per heavy atom. The van der Waals surface area contributed by atoms with E-state index in [1.807, 2.05) is 13.8 Å². The fourth-order valence-corrected chi connectivity index (χ4v) is 1.27. The molecule has 1 aromatic rings. The Balaban J connectivity index is 0.00000121. The molecule has 0 heterocycles. The molecule has 0 spiro atoms. The molecule has 96 valence electrons. The molecule has 0 saturated carbocycles. The van der Waals surface area contributed by atoms with E-state index in [9.17, 15) is 4.79 Å². The van der Waals surface area contributed by atoms with Crippen LogP contribution in [0, 0.1) is 0 Å². The first-order chi connectivity index (χ1) is 8.22. The number of hydrogen-bond donors (Lipinski definition) is 1. The molecular weight excluding hydrogens is 218 g/mol. The van der Waals surface area contributed by atoms with Gasteiger partial charge in [0, 0.05) is 5.56 Å². The highest BCUT2D eigenvalue weighted by Crippen LogP contribution is 2.27. The summed E-state index contributed by atoms with van der Waals surface area (Å²) in [6.45, 7) is 4.31. The van der Waals surface area contributed by atoms with E-state index in [0.29, 0.717) is 23.6 Å². The highest BCUT2D eigenvalue weighted by Gasteiger charge is 2.09. The number of carbonyl (C=O) groups is 1. The topological polar surface area (TPSA) is 47.6 Å². The van der Waals surface area contributed by atoms with Crippen molar-refractivity contribution in [3.8, 4) is 11.5 Å². The number of likely N-dealkylation sites (N-methyl/N-ethyl adjacent to an activating group) is 1. The van der Waals surface area contributed by atoms with Gasteiger partial charge in [0.25, 0.3) is 0 Å². The minimum atomic E-state index is 0.0263. The quantitative estimate of drug-likeness (QED) is 0.800. The van der Waals surface area contributed by atoms with E-state index in [2.05, 4.69) is 5.32 Å². The normalized spacial score (nSPS) is 9.00. The average Bonchev–Trinajstić information content (AvgIpc) is 2.40. The summed E-state index contributed by atoms with van der Waals surface area (Å²) in [5.41, 5.74) is 0.613. The Kier molecular flexibility index (Phi) is 7.80. The van der Waals surface area contributed by atoms with Crippen LogP contribution in [0.25, 0.3) is 0 Å². The Morgan fingerprint density at radius 3 is 2.24 bits per heavy atom. The predicted octanol–water partition coefficient (Wildman–Crippen LogP) is 2.13. The summed E-state index contributed by atoms with van der Waals surface area (Å²) in [5.74, 6) is 1.22. The summed E-state index contributed by atoms with van der Waals surface area (Å²) >= 11 is 0. The van der Waals surface area contributed by atoms with E-state index in [0.717, 1.165) is 0 Å². The zero-order valence-corrected chi connectivity index (χ0v) is 11.2. The van der Waals surface area contributed by atoms with E-state index >= 15 is 0 Å². The van der Waals surface area contributed by atoms with Gasteiger partial charge in [0.15, 0.2) is 17.3 Å². The Morgan fingerprint density at radius 1 is 1.18 bits per heavy atom. The van der Waals surface area contributed by atoms with E-state index in [1.165, 1.54) is 0 Å². The molecule has 0 aromatic heterocycles. The van der Waals surface area contributed by atoms with Crippen molar-refractivity contribution in [1.29, 1.82) is 0 Å². The first-order valence-corrected chi connectivity index (χ1v) is 5.62. The summed E-state index contributed by atoms with van der Waals surface area (Å²) in [7, 11) is 4.84. The van der Waals surface area contributed by atoms with Crippen molar-refractivity contribution in [1.82, 2.24) is 5.32 Å². The van der Waals surface area contributed by atoms with E-state index < -0.39 is 0 Å². The summed E-state index contributed by atoms with van der Waals surface area (Å²) in [5, 5.41) is 2.81. The Labute approximate surface area is 103 Å². The number of Topliss-reactive ketones (excluding diaryl/α,β-unsaturated/α-hetero) is 1. The van der Waals surface area contributed by atoms with Gasteiger partial charge < -0.3 is 14.8 Å². The number of ether oxygens (including phenoxy) is 2. The summed E-state index contributed by atoms with van der Waals surface area (Å²) in [6, 6.07) is 5.13. The third kappa shape index (κ3) is 4.44. The molecule has 4 heteroatoms. The van der Waals surface area contributed by atoms with Crippen molar-refractivity contribution in [3.05, 3.63) is 23.8 Å². The second-order valence-electron chi connectivity index (χ2n) is 3.02. The van der Waals surface area contributed by atoms with Crippen LogP contribution in [0.1, 0.15) is 24.2 Å². The van der Waals surface area contributed by atoms with Gasteiger partial charge in [-0.05, 0) is 25.2 Å². The number of methoxy groups -OCH3 is 2. The standard InChI is InChI=1S/C11H15NO3.C2H6/c1-12-7-9(13)8-4-5-10(14-2)11(6-8)15-3;1-2/h4-6,12H,7H2,1-3H3;1-2H3. The van der Waals surface area contributed by atoms with Gasteiger partial charge in [-0.2, -0.15) is 0 Å². The number of ketones is 1. The molecule has 0 radical (unpaired) electrons. The van der Waals surface area contributed by atoms with Gasteiger partial charge in [0.2, 0.25) is 0 Å². The van der Waals surface area contributed by atoms with Crippen LogP contribution in [0.4, 0.5) is 0 Å². The summed E-state index contributed by atoms with van der Waals surface area (Å²) in [6.07, 6.45) is 0. The summed E-state index contributed by atoms with van der Waals surface area (Å²) in [4.78, 5) is 11.6. The van der Waals surface area contributed by atoms with Crippen LogP contribution >= 0.6 is 0 Å². The second-order valence-corrected chi connectivity index (χ2v) is 3.02. The third-order valence-electron chi connectivity index (χ3n) is 2.04. The molecule has 4 nitrogen and oxygen atoms in total. The number of hydrogen-bond acceptors (Lipinski definition) is 4. The maximum Gasteiger partial charge on any atom is 0.176 e. The smallest absolute Gasteiger partial charge is 0.176 e. The Hall–Kier alpha value is -1.55. The molecule has 0 aliphatic rings. The van der Waals surface area contributed by atoms with Crippen molar-refractivity contribution in [3.63, 3.8) is 0 Å². The summed E-state index contributed by atoms with van der Waals surface area (Å²) < 4.78 is 10.2. The molecule has 1 N–H and O–H groups in total. The van der Waals surface area contributed by atoms with Crippen molar-refractivity contribution in [2.75, 3.05) is 27.8 Å².